The Morgan fingerprint density at radius 3 is 2.48 bits per heavy atom. The quantitative estimate of drug-likeness (QED) is 0.678. The van der Waals surface area contributed by atoms with Crippen molar-refractivity contribution in [1.82, 2.24) is 15.5 Å². The standard InChI is InChI=1S/C22H27N3O4/c26-20(24-18-9-4-5-10-18)16-25(13-12-17-7-2-1-3-8-17)21(27)15-23-22(28)19-11-6-14-29-19/h1-3,6-8,11,14,18H,4-5,9-10,12-13,15-16H2,(H,23,28)(H,24,26). The Balaban J connectivity index is 1.56. The molecule has 1 aliphatic rings. The van der Waals surface area contributed by atoms with E-state index in [-0.39, 0.29) is 36.7 Å². The largest absolute Gasteiger partial charge is 0.459 e. The summed E-state index contributed by atoms with van der Waals surface area (Å²) in [5.41, 5.74) is 1.08. The van der Waals surface area contributed by atoms with Crippen LogP contribution in [0.2, 0.25) is 0 Å². The van der Waals surface area contributed by atoms with Gasteiger partial charge in [0.05, 0.1) is 19.4 Å². The second-order valence-corrected chi connectivity index (χ2v) is 7.26. The highest BCUT2D eigenvalue weighted by molar-refractivity contribution is 5.94. The smallest absolute Gasteiger partial charge is 0.287 e. The zero-order valence-electron chi connectivity index (χ0n) is 16.4. The molecule has 0 bridgehead atoms. The van der Waals surface area contributed by atoms with E-state index in [1.54, 1.807) is 6.07 Å². The highest BCUT2D eigenvalue weighted by atomic mass is 16.3. The third-order valence-corrected chi connectivity index (χ3v) is 5.07. The Morgan fingerprint density at radius 2 is 1.79 bits per heavy atom. The molecule has 154 valence electrons. The van der Waals surface area contributed by atoms with Crippen molar-refractivity contribution in [2.45, 2.75) is 38.1 Å². The summed E-state index contributed by atoms with van der Waals surface area (Å²) < 4.78 is 5.03. The molecule has 3 rings (SSSR count). The number of carbonyl (C=O) groups excluding carboxylic acids is 3. The highest BCUT2D eigenvalue weighted by Crippen LogP contribution is 2.17. The van der Waals surface area contributed by atoms with Gasteiger partial charge in [-0.25, -0.2) is 0 Å². The molecule has 0 unspecified atom stereocenters. The van der Waals surface area contributed by atoms with Crippen LogP contribution in [-0.4, -0.2) is 48.3 Å². The van der Waals surface area contributed by atoms with E-state index in [1.165, 1.54) is 17.2 Å². The van der Waals surface area contributed by atoms with Gasteiger partial charge in [-0.2, -0.15) is 0 Å². The summed E-state index contributed by atoms with van der Waals surface area (Å²) in [5.74, 6) is -0.771. The molecule has 1 heterocycles. The Hall–Kier alpha value is -3.09. The van der Waals surface area contributed by atoms with Crippen LogP contribution in [0.5, 0.6) is 0 Å². The van der Waals surface area contributed by atoms with Crippen LogP contribution in [0.25, 0.3) is 0 Å². The fourth-order valence-electron chi connectivity index (χ4n) is 3.48. The van der Waals surface area contributed by atoms with Crippen molar-refractivity contribution in [2.75, 3.05) is 19.6 Å². The van der Waals surface area contributed by atoms with Crippen LogP contribution in [0.3, 0.4) is 0 Å². The summed E-state index contributed by atoms with van der Waals surface area (Å²) in [5, 5.41) is 5.57. The summed E-state index contributed by atoms with van der Waals surface area (Å²) in [4.78, 5) is 38.7. The summed E-state index contributed by atoms with van der Waals surface area (Å²) >= 11 is 0. The molecule has 2 aromatic rings. The molecular formula is C22H27N3O4. The lowest BCUT2D eigenvalue weighted by atomic mass is 10.1. The fraction of sp³-hybridized carbons (Fsp3) is 0.409. The maximum atomic E-state index is 12.7. The number of nitrogens with zero attached hydrogens (tertiary/aromatic N) is 1. The average molecular weight is 397 g/mol. The van der Waals surface area contributed by atoms with Gasteiger partial charge in [0, 0.05) is 12.6 Å². The summed E-state index contributed by atoms with van der Waals surface area (Å²) in [6.45, 7) is 0.196. The second-order valence-electron chi connectivity index (χ2n) is 7.26. The third kappa shape index (κ3) is 6.48. The van der Waals surface area contributed by atoms with Gasteiger partial charge >= 0.3 is 0 Å². The first-order chi connectivity index (χ1) is 14.1. The Kier molecular flexibility index (Phi) is 7.44. The van der Waals surface area contributed by atoms with E-state index < -0.39 is 5.91 Å². The van der Waals surface area contributed by atoms with Crippen LogP contribution in [0, 0.1) is 0 Å². The van der Waals surface area contributed by atoms with E-state index in [0.717, 1.165) is 31.2 Å². The molecule has 1 aliphatic carbocycles. The minimum absolute atomic E-state index is 0.0151. The number of carbonyl (C=O) groups is 3. The molecule has 1 aromatic heterocycles. The zero-order valence-corrected chi connectivity index (χ0v) is 16.4. The van der Waals surface area contributed by atoms with Gasteiger partial charge in [-0.05, 0) is 37.0 Å². The Morgan fingerprint density at radius 1 is 1.03 bits per heavy atom. The van der Waals surface area contributed by atoms with Crippen molar-refractivity contribution in [2.24, 2.45) is 0 Å². The molecule has 1 aromatic carbocycles. The van der Waals surface area contributed by atoms with E-state index >= 15 is 0 Å². The normalized spacial score (nSPS) is 13.8. The van der Waals surface area contributed by atoms with Crippen LogP contribution in [0.15, 0.2) is 53.1 Å². The molecular weight excluding hydrogens is 370 g/mol. The lowest BCUT2D eigenvalue weighted by molar-refractivity contribution is -0.135. The maximum absolute atomic E-state index is 12.7. The first kappa shape index (κ1) is 20.6. The van der Waals surface area contributed by atoms with Gasteiger partial charge < -0.3 is 20.0 Å². The molecule has 29 heavy (non-hydrogen) atoms. The highest BCUT2D eigenvalue weighted by Gasteiger charge is 2.22. The first-order valence-electron chi connectivity index (χ1n) is 10.0. The molecule has 1 saturated carbocycles. The van der Waals surface area contributed by atoms with Gasteiger partial charge in [0.15, 0.2) is 5.76 Å². The minimum atomic E-state index is -0.457. The lowest BCUT2D eigenvalue weighted by Gasteiger charge is -2.23. The molecule has 7 nitrogen and oxygen atoms in total. The topological polar surface area (TPSA) is 91.7 Å². The molecule has 7 heteroatoms. The van der Waals surface area contributed by atoms with Crippen molar-refractivity contribution in [3.63, 3.8) is 0 Å². The van der Waals surface area contributed by atoms with E-state index in [0.29, 0.717) is 13.0 Å². The van der Waals surface area contributed by atoms with Crippen molar-refractivity contribution < 1.29 is 18.8 Å². The van der Waals surface area contributed by atoms with Crippen LogP contribution >= 0.6 is 0 Å². The molecule has 0 aliphatic heterocycles. The van der Waals surface area contributed by atoms with Gasteiger partial charge in [0.2, 0.25) is 11.8 Å². The maximum Gasteiger partial charge on any atom is 0.287 e. The monoisotopic (exact) mass is 397 g/mol. The molecule has 2 N–H and O–H groups in total. The average Bonchev–Trinajstić information content (AvgIpc) is 3.44. The van der Waals surface area contributed by atoms with Gasteiger partial charge in [-0.15, -0.1) is 0 Å². The molecule has 0 radical (unpaired) electrons. The molecule has 0 saturated heterocycles. The van der Waals surface area contributed by atoms with Crippen LogP contribution in [0.1, 0.15) is 41.8 Å². The molecule has 1 fully saturated rings. The number of amides is 3. The number of rotatable bonds is 9. The summed E-state index contributed by atoms with van der Waals surface area (Å²) in [6, 6.07) is 13.1. The van der Waals surface area contributed by atoms with Crippen LogP contribution in [0.4, 0.5) is 0 Å². The van der Waals surface area contributed by atoms with Crippen LogP contribution < -0.4 is 10.6 Å². The molecule has 0 spiro atoms. The van der Waals surface area contributed by atoms with Crippen LogP contribution in [-0.2, 0) is 16.0 Å². The summed E-state index contributed by atoms with van der Waals surface area (Å²) in [6.07, 6.45) is 6.26. The van der Waals surface area contributed by atoms with Gasteiger partial charge in [0.1, 0.15) is 0 Å². The van der Waals surface area contributed by atoms with Crippen molar-refractivity contribution in [3.05, 3.63) is 60.1 Å². The zero-order chi connectivity index (χ0) is 20.5. The number of nitrogens with one attached hydrogen (secondary N) is 2. The van der Waals surface area contributed by atoms with E-state index in [2.05, 4.69) is 10.6 Å². The Labute approximate surface area is 170 Å². The number of hydrogen-bond donors (Lipinski definition) is 2. The Bertz CT molecular complexity index is 799. The number of benzene rings is 1. The van der Waals surface area contributed by atoms with Gasteiger partial charge in [-0.1, -0.05) is 43.2 Å². The number of furan rings is 1. The second kappa shape index (κ2) is 10.5. The van der Waals surface area contributed by atoms with Gasteiger partial charge in [-0.3, -0.25) is 14.4 Å². The molecule has 3 amide bonds. The van der Waals surface area contributed by atoms with Crippen molar-refractivity contribution in [3.8, 4) is 0 Å². The fourth-order valence-corrected chi connectivity index (χ4v) is 3.48. The van der Waals surface area contributed by atoms with E-state index in [9.17, 15) is 14.4 Å². The number of hydrogen-bond acceptors (Lipinski definition) is 4. The lowest BCUT2D eigenvalue weighted by Crippen LogP contribution is -2.47. The predicted molar refractivity (Wildman–Crippen MR) is 108 cm³/mol. The first-order valence-corrected chi connectivity index (χ1v) is 10.0. The van der Waals surface area contributed by atoms with Gasteiger partial charge in [0.25, 0.3) is 5.91 Å². The SMILES string of the molecule is O=C(CN(CCc1ccccc1)C(=O)CNC(=O)c1ccco1)NC1CCCC1. The third-order valence-electron chi connectivity index (χ3n) is 5.07. The van der Waals surface area contributed by atoms with E-state index in [1.807, 2.05) is 30.3 Å². The van der Waals surface area contributed by atoms with Crippen molar-refractivity contribution in [1.29, 1.82) is 0 Å². The minimum Gasteiger partial charge on any atom is -0.459 e. The predicted octanol–water partition coefficient (Wildman–Crippen LogP) is 2.14. The molecule has 0 atom stereocenters. The van der Waals surface area contributed by atoms with E-state index in [4.69, 9.17) is 4.42 Å². The summed E-state index contributed by atoms with van der Waals surface area (Å²) in [7, 11) is 0. The van der Waals surface area contributed by atoms with Crippen molar-refractivity contribution >= 4 is 17.7 Å².